The summed E-state index contributed by atoms with van der Waals surface area (Å²) in [5.41, 5.74) is 1.97. The summed E-state index contributed by atoms with van der Waals surface area (Å²) in [6.45, 7) is 5.74. The van der Waals surface area contributed by atoms with Crippen molar-refractivity contribution >= 4 is 16.9 Å². The number of carbonyl (C=O) groups is 1. The molecule has 0 aliphatic carbocycles. The molecule has 0 aliphatic rings. The summed E-state index contributed by atoms with van der Waals surface area (Å²) in [4.78, 5) is 25.1. The first-order valence-electron chi connectivity index (χ1n) is 10.2. The molecule has 6 nitrogen and oxygen atoms in total. The molecule has 0 aliphatic heterocycles. The Balaban J connectivity index is 1.61. The Morgan fingerprint density at radius 1 is 1.00 bits per heavy atom. The average molecular weight is 416 g/mol. The van der Waals surface area contributed by atoms with Crippen molar-refractivity contribution < 1.29 is 13.9 Å². The maximum atomic E-state index is 13.0. The highest BCUT2D eigenvalue weighted by molar-refractivity contribution is 6.05. The zero-order chi connectivity index (χ0) is 22.0. The highest BCUT2D eigenvalue weighted by Crippen LogP contribution is 2.24. The zero-order valence-electron chi connectivity index (χ0n) is 17.7. The SMILES string of the molecule is CC(C)Oc1ccc2c(C(=O)NC(C)c3cccc(-n4cccc4)c3)cc(=O)oc2c1. The molecule has 1 amide bonds. The molecule has 2 aromatic carbocycles. The lowest BCUT2D eigenvalue weighted by atomic mass is 10.1. The Bertz CT molecular complexity index is 1270. The first kappa shape index (κ1) is 20.5. The van der Waals surface area contributed by atoms with Crippen LogP contribution in [0.4, 0.5) is 0 Å². The van der Waals surface area contributed by atoms with Gasteiger partial charge in [0.05, 0.1) is 17.7 Å². The molecule has 0 fully saturated rings. The third kappa shape index (κ3) is 4.53. The van der Waals surface area contributed by atoms with Gasteiger partial charge >= 0.3 is 5.63 Å². The topological polar surface area (TPSA) is 73.5 Å². The number of amides is 1. The van der Waals surface area contributed by atoms with Gasteiger partial charge in [0.1, 0.15) is 11.3 Å². The van der Waals surface area contributed by atoms with Crippen molar-refractivity contribution in [2.75, 3.05) is 0 Å². The fourth-order valence-electron chi connectivity index (χ4n) is 3.50. The van der Waals surface area contributed by atoms with Gasteiger partial charge in [-0.3, -0.25) is 4.79 Å². The minimum atomic E-state index is -0.582. The molecule has 31 heavy (non-hydrogen) atoms. The molecule has 2 aromatic heterocycles. The van der Waals surface area contributed by atoms with E-state index in [0.717, 1.165) is 11.3 Å². The molecule has 6 heteroatoms. The number of aromatic nitrogens is 1. The number of rotatable bonds is 6. The van der Waals surface area contributed by atoms with Crippen molar-refractivity contribution in [2.45, 2.75) is 32.9 Å². The van der Waals surface area contributed by atoms with E-state index in [1.54, 1.807) is 18.2 Å². The van der Waals surface area contributed by atoms with Crippen molar-refractivity contribution in [2.24, 2.45) is 0 Å². The molecule has 0 spiro atoms. The smallest absolute Gasteiger partial charge is 0.337 e. The lowest BCUT2D eigenvalue weighted by Crippen LogP contribution is -2.27. The standard InChI is InChI=1S/C25H24N2O4/c1-16(2)30-20-9-10-21-22(15-24(28)31-23(21)14-20)25(29)26-17(3)18-7-6-8-19(13-18)27-11-4-5-12-27/h4-17H,1-3H3,(H,26,29). The Morgan fingerprint density at radius 3 is 2.52 bits per heavy atom. The molecule has 0 saturated carbocycles. The molecule has 158 valence electrons. The van der Waals surface area contributed by atoms with E-state index < -0.39 is 5.63 Å². The van der Waals surface area contributed by atoms with Gasteiger partial charge in [-0.15, -0.1) is 0 Å². The number of carbonyl (C=O) groups excluding carboxylic acids is 1. The van der Waals surface area contributed by atoms with Crippen LogP contribution >= 0.6 is 0 Å². The zero-order valence-corrected chi connectivity index (χ0v) is 17.7. The van der Waals surface area contributed by atoms with Gasteiger partial charge in [0.2, 0.25) is 0 Å². The van der Waals surface area contributed by atoms with E-state index in [1.165, 1.54) is 6.07 Å². The van der Waals surface area contributed by atoms with Gasteiger partial charge in [-0.25, -0.2) is 4.79 Å². The van der Waals surface area contributed by atoms with E-state index in [0.29, 0.717) is 16.7 Å². The van der Waals surface area contributed by atoms with Gasteiger partial charge in [0.25, 0.3) is 5.91 Å². The molecule has 4 aromatic rings. The Hall–Kier alpha value is -3.80. The summed E-state index contributed by atoms with van der Waals surface area (Å²) in [5.74, 6) is 0.243. The predicted molar refractivity (Wildman–Crippen MR) is 120 cm³/mol. The van der Waals surface area contributed by atoms with Gasteiger partial charge in [0.15, 0.2) is 0 Å². The Morgan fingerprint density at radius 2 is 1.77 bits per heavy atom. The summed E-state index contributed by atoms with van der Waals surface area (Å²) < 4.78 is 13.0. The van der Waals surface area contributed by atoms with Crippen LogP contribution in [-0.4, -0.2) is 16.6 Å². The van der Waals surface area contributed by atoms with Crippen LogP contribution in [0.5, 0.6) is 5.75 Å². The summed E-state index contributed by atoms with van der Waals surface area (Å²) in [6, 6.07) is 18.0. The van der Waals surface area contributed by atoms with Gasteiger partial charge in [-0.05, 0) is 62.7 Å². The molecular formula is C25H24N2O4. The van der Waals surface area contributed by atoms with E-state index >= 15 is 0 Å². The highest BCUT2D eigenvalue weighted by Gasteiger charge is 2.17. The highest BCUT2D eigenvalue weighted by atomic mass is 16.5. The molecule has 4 rings (SSSR count). The number of ether oxygens (including phenoxy) is 1. The molecule has 1 unspecified atom stereocenters. The second-order valence-electron chi connectivity index (χ2n) is 7.68. The predicted octanol–water partition coefficient (Wildman–Crippen LogP) is 4.86. The first-order chi connectivity index (χ1) is 14.9. The Labute approximate surface area is 180 Å². The number of hydrogen-bond donors (Lipinski definition) is 1. The van der Waals surface area contributed by atoms with Crippen molar-refractivity contribution in [3.8, 4) is 11.4 Å². The summed E-state index contributed by atoms with van der Waals surface area (Å²) >= 11 is 0. The Kier molecular flexibility index (Phi) is 5.62. The van der Waals surface area contributed by atoms with Crippen LogP contribution in [0.2, 0.25) is 0 Å². The third-order valence-corrected chi connectivity index (χ3v) is 4.95. The molecule has 0 bridgehead atoms. The van der Waals surface area contributed by atoms with Crippen molar-refractivity contribution in [1.29, 1.82) is 0 Å². The molecule has 2 heterocycles. The lowest BCUT2D eigenvalue weighted by molar-refractivity contribution is 0.0941. The van der Waals surface area contributed by atoms with Crippen molar-refractivity contribution in [3.05, 3.63) is 94.6 Å². The van der Waals surface area contributed by atoms with E-state index in [1.807, 2.05) is 74.1 Å². The minimum absolute atomic E-state index is 0.0150. The van der Waals surface area contributed by atoms with Crippen LogP contribution in [0.1, 0.15) is 42.7 Å². The number of benzene rings is 2. The van der Waals surface area contributed by atoms with E-state index in [-0.39, 0.29) is 23.6 Å². The van der Waals surface area contributed by atoms with Crippen LogP contribution in [0, 0.1) is 0 Å². The van der Waals surface area contributed by atoms with Gasteiger partial charge < -0.3 is 19.0 Å². The number of nitrogens with zero attached hydrogens (tertiary/aromatic N) is 1. The van der Waals surface area contributed by atoms with Gasteiger partial charge in [-0.1, -0.05) is 12.1 Å². The normalized spacial score (nSPS) is 12.1. The summed E-state index contributed by atoms with van der Waals surface area (Å²) in [7, 11) is 0. The van der Waals surface area contributed by atoms with Crippen LogP contribution in [0.25, 0.3) is 16.7 Å². The monoisotopic (exact) mass is 416 g/mol. The van der Waals surface area contributed by atoms with Crippen LogP contribution in [-0.2, 0) is 0 Å². The molecule has 1 atom stereocenters. The number of nitrogens with one attached hydrogen (secondary N) is 1. The second kappa shape index (κ2) is 8.52. The quantitative estimate of drug-likeness (QED) is 0.456. The fraction of sp³-hybridized carbons (Fsp3) is 0.200. The van der Waals surface area contributed by atoms with Gasteiger partial charge in [0, 0.05) is 35.6 Å². The fourth-order valence-corrected chi connectivity index (χ4v) is 3.50. The van der Waals surface area contributed by atoms with Crippen molar-refractivity contribution in [3.63, 3.8) is 0 Å². The lowest BCUT2D eigenvalue weighted by Gasteiger charge is -2.16. The third-order valence-electron chi connectivity index (χ3n) is 4.95. The van der Waals surface area contributed by atoms with E-state index in [2.05, 4.69) is 5.32 Å². The van der Waals surface area contributed by atoms with E-state index in [9.17, 15) is 9.59 Å². The largest absolute Gasteiger partial charge is 0.491 e. The summed E-state index contributed by atoms with van der Waals surface area (Å²) in [5, 5.41) is 3.55. The van der Waals surface area contributed by atoms with E-state index in [4.69, 9.17) is 9.15 Å². The van der Waals surface area contributed by atoms with Crippen LogP contribution in [0.3, 0.4) is 0 Å². The molecule has 0 saturated heterocycles. The van der Waals surface area contributed by atoms with Crippen molar-refractivity contribution in [1.82, 2.24) is 9.88 Å². The van der Waals surface area contributed by atoms with Crippen LogP contribution in [0.15, 0.2) is 82.3 Å². The molecular weight excluding hydrogens is 392 g/mol. The van der Waals surface area contributed by atoms with Gasteiger partial charge in [-0.2, -0.15) is 0 Å². The first-order valence-corrected chi connectivity index (χ1v) is 10.2. The molecule has 1 N–H and O–H groups in total. The number of fused-ring (bicyclic) bond motifs is 1. The molecule has 0 radical (unpaired) electrons. The maximum absolute atomic E-state index is 13.0. The van der Waals surface area contributed by atoms with Crippen LogP contribution < -0.4 is 15.7 Å². The summed E-state index contributed by atoms with van der Waals surface area (Å²) in [6.07, 6.45) is 3.92. The second-order valence-corrected chi connectivity index (χ2v) is 7.68. The minimum Gasteiger partial charge on any atom is -0.491 e. The number of hydrogen-bond acceptors (Lipinski definition) is 4. The average Bonchev–Trinajstić information content (AvgIpc) is 3.27. The maximum Gasteiger partial charge on any atom is 0.337 e.